The predicted molar refractivity (Wildman–Crippen MR) is 70.0 cm³/mol. The number of hydrogen-bond acceptors (Lipinski definition) is 3. The van der Waals surface area contributed by atoms with Gasteiger partial charge >= 0.3 is 6.16 Å². The maximum atomic E-state index is 12.1. The molecule has 0 amide bonds. The van der Waals surface area contributed by atoms with Gasteiger partial charge in [0.2, 0.25) is 0 Å². The first kappa shape index (κ1) is 13.1. The summed E-state index contributed by atoms with van der Waals surface area (Å²) < 4.78 is 4.46. The van der Waals surface area contributed by atoms with Gasteiger partial charge in [-0.15, -0.1) is 0 Å². The molecule has 0 fully saturated rings. The highest BCUT2D eigenvalue weighted by Crippen LogP contribution is 2.17. The lowest BCUT2D eigenvalue weighted by Gasteiger charge is -2.03. The van der Waals surface area contributed by atoms with Crippen molar-refractivity contribution < 1.29 is 19.4 Å². The summed E-state index contributed by atoms with van der Waals surface area (Å²) in [6, 6.07) is 12.4. The Labute approximate surface area is 114 Å². The maximum absolute atomic E-state index is 12.1. The molecule has 5 heteroatoms. The molecule has 0 unspecified atom stereocenters. The molecule has 0 aliphatic heterocycles. The normalized spacial score (nSPS) is 9.95. The summed E-state index contributed by atoms with van der Waals surface area (Å²) in [5.41, 5.74) is 0.955. The van der Waals surface area contributed by atoms with Crippen molar-refractivity contribution >= 4 is 23.5 Å². The minimum Gasteiger partial charge on any atom is -0.449 e. The van der Waals surface area contributed by atoms with E-state index in [0.29, 0.717) is 16.1 Å². The van der Waals surface area contributed by atoms with Crippen molar-refractivity contribution in [2.75, 3.05) is 0 Å². The van der Waals surface area contributed by atoms with E-state index in [1.165, 1.54) is 24.3 Å². The van der Waals surface area contributed by atoms with Crippen molar-refractivity contribution in [3.8, 4) is 5.75 Å². The molecule has 19 heavy (non-hydrogen) atoms. The number of hydrogen-bond donors (Lipinski definition) is 1. The lowest BCUT2D eigenvalue weighted by Crippen LogP contribution is -2.04. The first-order valence-corrected chi connectivity index (χ1v) is 5.75. The number of carboxylic acid groups (broad SMARTS) is 1. The second-order valence-corrected chi connectivity index (χ2v) is 4.16. The fourth-order valence-corrected chi connectivity index (χ4v) is 1.67. The molecule has 2 rings (SSSR count). The largest absolute Gasteiger partial charge is 0.511 e. The third kappa shape index (κ3) is 3.33. The molecule has 0 saturated carbocycles. The molecule has 2 aromatic carbocycles. The number of carbonyl (C=O) groups is 2. The zero-order chi connectivity index (χ0) is 13.8. The van der Waals surface area contributed by atoms with E-state index >= 15 is 0 Å². The standard InChI is InChI=1S/C14H9ClO4/c15-11-5-1-9(2-6-11)13(16)10-3-7-12(8-4-10)19-14(17)18/h1-8H,(H,17,18). The predicted octanol–water partition coefficient (Wildman–Crippen LogP) is 3.63. The minimum atomic E-state index is -1.39. The molecule has 0 radical (unpaired) electrons. The molecule has 2 aromatic rings. The molecule has 1 N–H and O–H groups in total. The van der Waals surface area contributed by atoms with E-state index in [2.05, 4.69) is 4.74 Å². The number of ether oxygens (including phenoxy) is 1. The maximum Gasteiger partial charge on any atom is 0.511 e. The first-order chi connectivity index (χ1) is 9.06. The fourth-order valence-electron chi connectivity index (χ4n) is 1.54. The van der Waals surface area contributed by atoms with Crippen LogP contribution in [0.4, 0.5) is 4.79 Å². The highest BCUT2D eigenvalue weighted by atomic mass is 35.5. The molecule has 0 saturated heterocycles. The summed E-state index contributed by atoms with van der Waals surface area (Å²) in [4.78, 5) is 22.4. The third-order valence-corrected chi connectivity index (χ3v) is 2.68. The summed E-state index contributed by atoms with van der Waals surface area (Å²) >= 11 is 5.75. The molecule has 0 aliphatic carbocycles. The third-order valence-electron chi connectivity index (χ3n) is 2.43. The zero-order valence-electron chi connectivity index (χ0n) is 9.67. The molecule has 0 atom stereocenters. The topological polar surface area (TPSA) is 63.6 Å². The van der Waals surface area contributed by atoms with Crippen LogP contribution in [-0.2, 0) is 0 Å². The lowest BCUT2D eigenvalue weighted by molar-refractivity contribution is 0.103. The van der Waals surface area contributed by atoms with E-state index in [1.807, 2.05) is 0 Å². The van der Waals surface area contributed by atoms with Gasteiger partial charge in [0, 0.05) is 16.1 Å². The highest BCUT2D eigenvalue weighted by Gasteiger charge is 2.09. The Morgan fingerprint density at radius 3 is 1.84 bits per heavy atom. The SMILES string of the molecule is O=C(O)Oc1ccc(C(=O)c2ccc(Cl)cc2)cc1. The Morgan fingerprint density at radius 1 is 0.895 bits per heavy atom. The van der Waals surface area contributed by atoms with Crippen LogP contribution < -0.4 is 4.74 Å². The highest BCUT2D eigenvalue weighted by molar-refractivity contribution is 6.30. The van der Waals surface area contributed by atoms with E-state index in [0.717, 1.165) is 0 Å². The van der Waals surface area contributed by atoms with Crippen LogP contribution in [0.2, 0.25) is 5.02 Å². The zero-order valence-corrected chi connectivity index (χ0v) is 10.4. The van der Waals surface area contributed by atoms with Gasteiger partial charge in [-0.3, -0.25) is 4.79 Å². The Kier molecular flexibility index (Phi) is 3.82. The summed E-state index contributed by atoms with van der Waals surface area (Å²) in [5, 5.41) is 9.00. The van der Waals surface area contributed by atoms with Crippen LogP contribution in [0, 0.1) is 0 Å². The Morgan fingerprint density at radius 2 is 1.37 bits per heavy atom. The molecular weight excluding hydrogens is 268 g/mol. The van der Waals surface area contributed by atoms with Crippen molar-refractivity contribution in [2.24, 2.45) is 0 Å². The van der Waals surface area contributed by atoms with Crippen LogP contribution >= 0.6 is 11.6 Å². The van der Waals surface area contributed by atoms with Gasteiger partial charge < -0.3 is 9.84 Å². The van der Waals surface area contributed by atoms with Gasteiger partial charge in [0.15, 0.2) is 5.78 Å². The number of carbonyl (C=O) groups excluding carboxylic acids is 1. The number of halogens is 1. The van der Waals surface area contributed by atoms with Gasteiger partial charge in [0.05, 0.1) is 0 Å². The van der Waals surface area contributed by atoms with Crippen molar-refractivity contribution in [1.29, 1.82) is 0 Å². The summed E-state index contributed by atoms with van der Waals surface area (Å²) in [6.07, 6.45) is -1.39. The monoisotopic (exact) mass is 276 g/mol. The van der Waals surface area contributed by atoms with E-state index in [4.69, 9.17) is 16.7 Å². The van der Waals surface area contributed by atoms with Crippen LogP contribution in [0.3, 0.4) is 0 Å². The van der Waals surface area contributed by atoms with Gasteiger partial charge in [-0.2, -0.15) is 0 Å². The summed E-state index contributed by atoms with van der Waals surface area (Å²) in [6.45, 7) is 0. The fraction of sp³-hybridized carbons (Fsp3) is 0. The average molecular weight is 277 g/mol. The Balaban J connectivity index is 2.20. The van der Waals surface area contributed by atoms with E-state index in [9.17, 15) is 9.59 Å². The van der Waals surface area contributed by atoms with Crippen molar-refractivity contribution in [1.82, 2.24) is 0 Å². The van der Waals surface area contributed by atoms with Crippen LogP contribution in [0.5, 0.6) is 5.75 Å². The van der Waals surface area contributed by atoms with Crippen LogP contribution in [0.15, 0.2) is 48.5 Å². The van der Waals surface area contributed by atoms with Crippen LogP contribution in [-0.4, -0.2) is 17.0 Å². The van der Waals surface area contributed by atoms with Gasteiger partial charge in [-0.05, 0) is 48.5 Å². The van der Waals surface area contributed by atoms with E-state index < -0.39 is 6.16 Å². The minimum absolute atomic E-state index is 0.167. The van der Waals surface area contributed by atoms with Gasteiger partial charge in [0.25, 0.3) is 0 Å². The quantitative estimate of drug-likeness (QED) is 0.528. The van der Waals surface area contributed by atoms with Crippen molar-refractivity contribution in [2.45, 2.75) is 0 Å². The van der Waals surface area contributed by atoms with E-state index in [-0.39, 0.29) is 11.5 Å². The number of benzene rings is 2. The molecule has 0 aromatic heterocycles. The van der Waals surface area contributed by atoms with Crippen molar-refractivity contribution in [3.05, 3.63) is 64.7 Å². The van der Waals surface area contributed by atoms with Gasteiger partial charge in [0.1, 0.15) is 5.75 Å². The Bertz CT molecular complexity index is 602. The first-order valence-electron chi connectivity index (χ1n) is 5.37. The second-order valence-electron chi connectivity index (χ2n) is 3.73. The smallest absolute Gasteiger partial charge is 0.449 e. The molecule has 96 valence electrons. The summed E-state index contributed by atoms with van der Waals surface area (Å²) in [5.74, 6) is -0.00121. The van der Waals surface area contributed by atoms with Crippen LogP contribution in [0.25, 0.3) is 0 Å². The molecule has 0 spiro atoms. The van der Waals surface area contributed by atoms with E-state index in [1.54, 1.807) is 24.3 Å². The second kappa shape index (κ2) is 5.54. The average Bonchev–Trinajstić information content (AvgIpc) is 2.39. The number of rotatable bonds is 3. The summed E-state index contributed by atoms with van der Waals surface area (Å²) in [7, 11) is 0. The van der Waals surface area contributed by atoms with Gasteiger partial charge in [-0.1, -0.05) is 11.6 Å². The lowest BCUT2D eigenvalue weighted by atomic mass is 10.0. The van der Waals surface area contributed by atoms with Crippen molar-refractivity contribution in [3.63, 3.8) is 0 Å². The molecular formula is C14H9ClO4. The molecule has 0 heterocycles. The van der Waals surface area contributed by atoms with Gasteiger partial charge in [-0.25, -0.2) is 4.79 Å². The molecule has 4 nitrogen and oxygen atoms in total. The number of ketones is 1. The Hall–Kier alpha value is -2.33. The van der Waals surface area contributed by atoms with Crippen LogP contribution in [0.1, 0.15) is 15.9 Å². The molecule has 0 bridgehead atoms. The molecule has 0 aliphatic rings.